The molecule has 2 rings (SSSR count). The van der Waals surface area contributed by atoms with Crippen LogP contribution in [-0.4, -0.2) is 15.0 Å². The predicted molar refractivity (Wildman–Crippen MR) is 54.5 cm³/mol. The van der Waals surface area contributed by atoms with Gasteiger partial charge < -0.3 is 10.1 Å². The Kier molecular flexibility index (Phi) is 2.13. The van der Waals surface area contributed by atoms with Gasteiger partial charge in [0.2, 0.25) is 0 Å². The number of H-pyrrole nitrogens is 1. The Bertz CT molecular complexity index is 491. The van der Waals surface area contributed by atoms with Crippen molar-refractivity contribution in [1.29, 1.82) is 0 Å². The van der Waals surface area contributed by atoms with Crippen molar-refractivity contribution in [2.45, 2.75) is 0 Å². The predicted octanol–water partition coefficient (Wildman–Crippen LogP) is 2.30. The number of nitrogens with zero attached hydrogens (tertiary/aromatic N) is 1. The molecular formula is C10H8N2O3. The number of aromatic nitrogens is 1. The van der Waals surface area contributed by atoms with Gasteiger partial charge in [0.25, 0.3) is 5.69 Å². The Labute approximate surface area is 85.1 Å². The summed E-state index contributed by atoms with van der Waals surface area (Å²) in [5.74, 6) is 0.0167. The molecule has 0 unspecified atom stereocenters. The number of nitrogens with one attached hydrogen (secondary N) is 1. The first kappa shape index (κ1) is 9.26. The lowest BCUT2D eigenvalue weighted by Crippen LogP contribution is -1.88. The SMILES string of the molecule is O=[N+]([O-])c1ccc(O)c(-c2ccc[nH]2)c1. The topological polar surface area (TPSA) is 79.2 Å². The van der Waals surface area contributed by atoms with Gasteiger partial charge in [-0.2, -0.15) is 0 Å². The van der Waals surface area contributed by atoms with E-state index in [1.807, 2.05) is 0 Å². The molecule has 0 radical (unpaired) electrons. The maximum absolute atomic E-state index is 10.5. The number of phenolic OH excluding ortho intramolecular Hbond substituents is 1. The van der Waals surface area contributed by atoms with Crippen molar-refractivity contribution in [3.05, 3.63) is 46.6 Å². The van der Waals surface area contributed by atoms with Crippen LogP contribution < -0.4 is 0 Å². The van der Waals surface area contributed by atoms with Crippen LogP contribution >= 0.6 is 0 Å². The largest absolute Gasteiger partial charge is 0.507 e. The lowest BCUT2D eigenvalue weighted by molar-refractivity contribution is -0.384. The van der Waals surface area contributed by atoms with Crippen LogP contribution in [0.3, 0.4) is 0 Å². The molecule has 0 aliphatic rings. The minimum Gasteiger partial charge on any atom is -0.507 e. The third-order valence-electron chi connectivity index (χ3n) is 2.08. The van der Waals surface area contributed by atoms with Gasteiger partial charge in [-0.1, -0.05) is 0 Å². The van der Waals surface area contributed by atoms with E-state index in [1.54, 1.807) is 18.3 Å². The fourth-order valence-electron chi connectivity index (χ4n) is 1.35. The number of benzene rings is 1. The number of hydrogen-bond donors (Lipinski definition) is 2. The molecule has 0 saturated carbocycles. The fraction of sp³-hybridized carbons (Fsp3) is 0. The van der Waals surface area contributed by atoms with Crippen molar-refractivity contribution in [1.82, 2.24) is 4.98 Å². The number of nitro groups is 1. The highest BCUT2D eigenvalue weighted by atomic mass is 16.6. The number of hydrogen-bond acceptors (Lipinski definition) is 3. The van der Waals surface area contributed by atoms with Crippen LogP contribution in [-0.2, 0) is 0 Å². The summed E-state index contributed by atoms with van der Waals surface area (Å²) in [6.45, 7) is 0. The van der Waals surface area contributed by atoms with Crippen molar-refractivity contribution >= 4 is 5.69 Å². The molecule has 0 aliphatic carbocycles. The smallest absolute Gasteiger partial charge is 0.270 e. The molecule has 1 aromatic carbocycles. The number of aromatic hydroxyl groups is 1. The van der Waals surface area contributed by atoms with Gasteiger partial charge in [-0.25, -0.2) is 0 Å². The van der Waals surface area contributed by atoms with E-state index in [2.05, 4.69) is 4.98 Å². The quantitative estimate of drug-likeness (QED) is 0.581. The molecule has 1 aromatic heterocycles. The van der Waals surface area contributed by atoms with Crippen LogP contribution in [0.4, 0.5) is 5.69 Å². The summed E-state index contributed by atoms with van der Waals surface area (Å²) in [5, 5.41) is 20.1. The summed E-state index contributed by atoms with van der Waals surface area (Å²) in [6.07, 6.45) is 1.69. The maximum Gasteiger partial charge on any atom is 0.270 e. The minimum absolute atomic E-state index is 0.0167. The second-order valence-electron chi connectivity index (χ2n) is 3.04. The molecule has 15 heavy (non-hydrogen) atoms. The van der Waals surface area contributed by atoms with E-state index >= 15 is 0 Å². The van der Waals surface area contributed by atoms with E-state index < -0.39 is 4.92 Å². The first-order valence-electron chi connectivity index (χ1n) is 4.29. The third kappa shape index (κ3) is 1.67. The minimum atomic E-state index is -0.494. The molecule has 76 valence electrons. The van der Waals surface area contributed by atoms with Crippen molar-refractivity contribution < 1.29 is 10.0 Å². The molecule has 0 aliphatic heterocycles. The maximum atomic E-state index is 10.5. The number of non-ortho nitro benzene ring substituents is 1. The van der Waals surface area contributed by atoms with E-state index in [0.717, 1.165) is 0 Å². The van der Waals surface area contributed by atoms with Gasteiger partial charge in [0.1, 0.15) is 5.75 Å². The van der Waals surface area contributed by atoms with Crippen LogP contribution in [0.1, 0.15) is 0 Å². The molecule has 0 saturated heterocycles. The number of nitro benzene ring substituents is 1. The molecule has 2 aromatic rings. The lowest BCUT2D eigenvalue weighted by atomic mass is 10.1. The van der Waals surface area contributed by atoms with E-state index in [4.69, 9.17) is 0 Å². The Hall–Kier alpha value is -2.30. The van der Waals surface area contributed by atoms with Gasteiger partial charge in [-0.05, 0) is 18.2 Å². The standard InChI is InChI=1S/C10H8N2O3/c13-10-4-3-7(12(14)15)6-8(10)9-2-1-5-11-9/h1-6,11,13H. The van der Waals surface area contributed by atoms with Gasteiger partial charge in [-0.3, -0.25) is 10.1 Å². The zero-order valence-electron chi connectivity index (χ0n) is 7.68. The molecule has 0 amide bonds. The van der Waals surface area contributed by atoms with Crippen LogP contribution in [0.2, 0.25) is 0 Å². The second-order valence-corrected chi connectivity index (χ2v) is 3.04. The molecule has 1 heterocycles. The van der Waals surface area contributed by atoms with E-state index in [-0.39, 0.29) is 11.4 Å². The summed E-state index contributed by atoms with van der Waals surface area (Å²) in [7, 11) is 0. The van der Waals surface area contributed by atoms with Crippen LogP contribution in [0, 0.1) is 10.1 Å². The van der Waals surface area contributed by atoms with Gasteiger partial charge in [-0.15, -0.1) is 0 Å². The monoisotopic (exact) mass is 204 g/mol. The van der Waals surface area contributed by atoms with Crippen molar-refractivity contribution in [2.75, 3.05) is 0 Å². The molecule has 2 N–H and O–H groups in total. The third-order valence-corrected chi connectivity index (χ3v) is 2.08. The van der Waals surface area contributed by atoms with E-state index in [1.165, 1.54) is 18.2 Å². The Morgan fingerprint density at radius 2 is 2.13 bits per heavy atom. The molecule has 0 bridgehead atoms. The summed E-state index contributed by atoms with van der Waals surface area (Å²) in [4.78, 5) is 12.9. The fourth-order valence-corrected chi connectivity index (χ4v) is 1.35. The van der Waals surface area contributed by atoms with Gasteiger partial charge >= 0.3 is 0 Å². The van der Waals surface area contributed by atoms with Crippen LogP contribution in [0.5, 0.6) is 5.75 Å². The number of aromatic amines is 1. The van der Waals surface area contributed by atoms with Crippen LogP contribution in [0.25, 0.3) is 11.3 Å². The van der Waals surface area contributed by atoms with E-state index in [0.29, 0.717) is 11.3 Å². The summed E-state index contributed by atoms with van der Waals surface area (Å²) in [5.41, 5.74) is 1.03. The highest BCUT2D eigenvalue weighted by Gasteiger charge is 2.11. The van der Waals surface area contributed by atoms with Crippen LogP contribution in [0.15, 0.2) is 36.5 Å². The highest BCUT2D eigenvalue weighted by molar-refractivity contribution is 5.69. The number of phenols is 1. The van der Waals surface area contributed by atoms with Crippen molar-refractivity contribution in [3.8, 4) is 17.0 Å². The zero-order valence-corrected chi connectivity index (χ0v) is 7.68. The highest BCUT2D eigenvalue weighted by Crippen LogP contribution is 2.31. The molecule has 0 fully saturated rings. The van der Waals surface area contributed by atoms with Gasteiger partial charge in [0.15, 0.2) is 0 Å². The van der Waals surface area contributed by atoms with E-state index in [9.17, 15) is 15.2 Å². The molecule has 5 heteroatoms. The van der Waals surface area contributed by atoms with Crippen molar-refractivity contribution in [3.63, 3.8) is 0 Å². The van der Waals surface area contributed by atoms with Gasteiger partial charge in [0, 0.05) is 29.6 Å². The number of rotatable bonds is 2. The summed E-state index contributed by atoms with van der Waals surface area (Å²) in [6, 6.07) is 7.41. The summed E-state index contributed by atoms with van der Waals surface area (Å²) >= 11 is 0. The normalized spacial score (nSPS) is 10.1. The first-order valence-corrected chi connectivity index (χ1v) is 4.29. The molecule has 5 nitrogen and oxygen atoms in total. The van der Waals surface area contributed by atoms with Crippen molar-refractivity contribution in [2.24, 2.45) is 0 Å². The average molecular weight is 204 g/mol. The molecule has 0 atom stereocenters. The Morgan fingerprint density at radius 3 is 2.73 bits per heavy atom. The Morgan fingerprint density at radius 1 is 1.33 bits per heavy atom. The average Bonchev–Trinajstić information content (AvgIpc) is 2.71. The van der Waals surface area contributed by atoms with Gasteiger partial charge in [0.05, 0.1) is 4.92 Å². The second kappa shape index (κ2) is 3.45. The molecular weight excluding hydrogens is 196 g/mol. The molecule has 0 spiro atoms. The lowest BCUT2D eigenvalue weighted by Gasteiger charge is -2.01. The first-order chi connectivity index (χ1) is 7.18. The Balaban J connectivity index is 2.55. The zero-order chi connectivity index (χ0) is 10.8. The summed E-state index contributed by atoms with van der Waals surface area (Å²) < 4.78 is 0.